The minimum absolute atomic E-state index is 0.0737. The van der Waals surface area contributed by atoms with Crippen LogP contribution in [0.25, 0.3) is 0 Å². The zero-order valence-corrected chi connectivity index (χ0v) is 12.4. The summed E-state index contributed by atoms with van der Waals surface area (Å²) in [6.07, 6.45) is -3.63. The molecule has 0 aliphatic carbocycles. The van der Waals surface area contributed by atoms with E-state index >= 15 is 0 Å². The molecule has 1 aromatic rings. The highest BCUT2D eigenvalue weighted by atomic mass is 35.5. The molecule has 0 aliphatic rings. The molecule has 0 saturated heterocycles. The molecule has 0 N–H and O–H groups in total. The molecule has 1 nitrogen and oxygen atoms in total. The minimum Gasteiger partial charge on any atom is -0.369 e. The van der Waals surface area contributed by atoms with Crippen LogP contribution in [-0.2, 0) is 12.1 Å². The van der Waals surface area contributed by atoms with Crippen molar-refractivity contribution in [2.45, 2.75) is 44.8 Å². The first kappa shape index (κ1) is 16.2. The van der Waals surface area contributed by atoms with Gasteiger partial charge in [0.1, 0.15) is 0 Å². The molecule has 0 heterocycles. The Morgan fingerprint density at radius 1 is 1.21 bits per heavy atom. The van der Waals surface area contributed by atoms with Gasteiger partial charge in [-0.2, -0.15) is 13.2 Å². The maximum Gasteiger partial charge on any atom is 0.418 e. The van der Waals surface area contributed by atoms with Gasteiger partial charge in [0.05, 0.1) is 5.56 Å². The van der Waals surface area contributed by atoms with Gasteiger partial charge in [-0.1, -0.05) is 13.0 Å². The van der Waals surface area contributed by atoms with E-state index in [1.54, 1.807) is 18.0 Å². The fraction of sp³-hybridized carbons (Fsp3) is 0.571. The molecule has 0 spiro atoms. The molecule has 0 aliphatic heterocycles. The number of alkyl halides is 4. The standard InChI is InChI=1S/C14H19ClF3N/c1-5-13(2,3)19(4)12-7-6-10(9-15)8-11(12)14(16,17)18/h6-8H,5,9H2,1-4H3. The van der Waals surface area contributed by atoms with E-state index in [9.17, 15) is 13.2 Å². The van der Waals surface area contributed by atoms with Gasteiger partial charge >= 0.3 is 6.18 Å². The summed E-state index contributed by atoms with van der Waals surface area (Å²) in [5.74, 6) is 0.0737. The fourth-order valence-corrected chi connectivity index (χ4v) is 1.92. The van der Waals surface area contributed by atoms with Gasteiger partial charge in [-0.15, -0.1) is 11.6 Å². The summed E-state index contributed by atoms with van der Waals surface area (Å²) in [5, 5.41) is 0. The average molecular weight is 294 g/mol. The van der Waals surface area contributed by atoms with E-state index in [0.29, 0.717) is 5.56 Å². The van der Waals surface area contributed by atoms with E-state index in [1.165, 1.54) is 6.07 Å². The summed E-state index contributed by atoms with van der Waals surface area (Å²) in [7, 11) is 1.69. The molecule has 19 heavy (non-hydrogen) atoms. The second kappa shape index (κ2) is 5.61. The van der Waals surface area contributed by atoms with Crippen LogP contribution < -0.4 is 4.90 Å². The van der Waals surface area contributed by atoms with Gasteiger partial charge in [-0.3, -0.25) is 0 Å². The molecule has 0 amide bonds. The zero-order valence-electron chi connectivity index (χ0n) is 11.6. The Morgan fingerprint density at radius 2 is 1.79 bits per heavy atom. The summed E-state index contributed by atoms with van der Waals surface area (Å²) in [6, 6.07) is 4.27. The molecule has 0 bridgehead atoms. The van der Waals surface area contributed by atoms with Crippen molar-refractivity contribution in [2.24, 2.45) is 0 Å². The number of benzene rings is 1. The second-order valence-electron chi connectivity index (χ2n) is 5.21. The summed E-state index contributed by atoms with van der Waals surface area (Å²) >= 11 is 5.62. The van der Waals surface area contributed by atoms with Crippen molar-refractivity contribution in [3.8, 4) is 0 Å². The quantitative estimate of drug-likeness (QED) is 0.701. The minimum atomic E-state index is -4.38. The van der Waals surface area contributed by atoms with Crippen molar-refractivity contribution >= 4 is 17.3 Å². The van der Waals surface area contributed by atoms with Gasteiger partial charge in [-0.05, 0) is 38.0 Å². The number of anilines is 1. The van der Waals surface area contributed by atoms with Crippen molar-refractivity contribution in [1.29, 1.82) is 0 Å². The maximum absolute atomic E-state index is 13.1. The number of halogens is 4. The third kappa shape index (κ3) is 3.56. The van der Waals surface area contributed by atoms with Crippen LogP contribution in [0, 0.1) is 0 Å². The topological polar surface area (TPSA) is 3.24 Å². The SMILES string of the molecule is CCC(C)(C)N(C)c1ccc(CCl)cc1C(F)(F)F. The maximum atomic E-state index is 13.1. The van der Waals surface area contributed by atoms with Crippen LogP contribution in [0.15, 0.2) is 18.2 Å². The van der Waals surface area contributed by atoms with E-state index in [2.05, 4.69) is 0 Å². The monoisotopic (exact) mass is 293 g/mol. The first-order valence-electron chi connectivity index (χ1n) is 6.13. The van der Waals surface area contributed by atoms with Gasteiger partial charge in [0.25, 0.3) is 0 Å². The van der Waals surface area contributed by atoms with Crippen LogP contribution in [0.2, 0.25) is 0 Å². The van der Waals surface area contributed by atoms with Gasteiger partial charge in [0, 0.05) is 24.2 Å². The largest absolute Gasteiger partial charge is 0.418 e. The molecule has 5 heteroatoms. The first-order chi connectivity index (χ1) is 8.63. The third-order valence-electron chi connectivity index (χ3n) is 3.66. The van der Waals surface area contributed by atoms with Crippen LogP contribution in [0.1, 0.15) is 38.3 Å². The molecule has 0 unspecified atom stereocenters. The van der Waals surface area contributed by atoms with Crippen LogP contribution in [0.4, 0.5) is 18.9 Å². The van der Waals surface area contributed by atoms with Crippen molar-refractivity contribution in [3.63, 3.8) is 0 Å². The lowest BCUT2D eigenvalue weighted by Crippen LogP contribution is -2.41. The highest BCUT2D eigenvalue weighted by molar-refractivity contribution is 6.17. The second-order valence-corrected chi connectivity index (χ2v) is 5.48. The van der Waals surface area contributed by atoms with Gasteiger partial charge < -0.3 is 4.90 Å². The van der Waals surface area contributed by atoms with Crippen molar-refractivity contribution < 1.29 is 13.2 Å². The van der Waals surface area contributed by atoms with Crippen molar-refractivity contribution in [1.82, 2.24) is 0 Å². The summed E-state index contributed by atoms with van der Waals surface area (Å²) in [6.45, 7) is 5.79. The lowest BCUT2D eigenvalue weighted by molar-refractivity contribution is -0.137. The average Bonchev–Trinajstić information content (AvgIpc) is 2.36. The summed E-state index contributed by atoms with van der Waals surface area (Å²) in [4.78, 5) is 1.67. The summed E-state index contributed by atoms with van der Waals surface area (Å²) < 4.78 is 39.4. The van der Waals surface area contributed by atoms with Crippen LogP contribution in [0.5, 0.6) is 0 Å². The van der Waals surface area contributed by atoms with Gasteiger partial charge in [0.15, 0.2) is 0 Å². The molecule has 0 fully saturated rings. The molecule has 0 atom stereocenters. The Hall–Kier alpha value is -0.900. The van der Waals surface area contributed by atoms with Crippen LogP contribution in [0.3, 0.4) is 0 Å². The molecule has 0 aromatic heterocycles. The van der Waals surface area contributed by atoms with Crippen molar-refractivity contribution in [2.75, 3.05) is 11.9 Å². The molecule has 1 aromatic carbocycles. The zero-order chi connectivity index (χ0) is 14.8. The molecular formula is C14H19ClF3N. The smallest absolute Gasteiger partial charge is 0.369 e. The Balaban J connectivity index is 3.35. The number of hydrogen-bond acceptors (Lipinski definition) is 1. The Kier molecular flexibility index (Phi) is 4.77. The molecule has 1 rings (SSSR count). The Morgan fingerprint density at radius 3 is 2.21 bits per heavy atom. The predicted molar refractivity (Wildman–Crippen MR) is 73.8 cm³/mol. The lowest BCUT2D eigenvalue weighted by atomic mass is 9.97. The molecular weight excluding hydrogens is 275 g/mol. The predicted octanol–water partition coefficient (Wildman–Crippen LogP) is 5.07. The summed E-state index contributed by atoms with van der Waals surface area (Å²) in [5.41, 5.74) is -0.314. The highest BCUT2D eigenvalue weighted by Gasteiger charge is 2.36. The highest BCUT2D eigenvalue weighted by Crippen LogP contribution is 2.39. The third-order valence-corrected chi connectivity index (χ3v) is 3.96. The molecule has 0 radical (unpaired) electrons. The Bertz CT molecular complexity index is 441. The van der Waals surface area contributed by atoms with E-state index in [4.69, 9.17) is 11.6 Å². The Labute approximate surface area is 117 Å². The number of hydrogen-bond donors (Lipinski definition) is 0. The number of rotatable bonds is 4. The van der Waals surface area contributed by atoms with E-state index in [-0.39, 0.29) is 17.1 Å². The first-order valence-corrected chi connectivity index (χ1v) is 6.67. The lowest BCUT2D eigenvalue weighted by Gasteiger charge is -2.38. The van der Waals surface area contributed by atoms with Crippen LogP contribution >= 0.6 is 11.6 Å². The number of nitrogens with zero attached hydrogens (tertiary/aromatic N) is 1. The fourth-order valence-electron chi connectivity index (χ4n) is 1.75. The van der Waals surface area contributed by atoms with E-state index < -0.39 is 11.7 Å². The molecule has 0 saturated carbocycles. The van der Waals surface area contributed by atoms with E-state index in [1.807, 2.05) is 20.8 Å². The van der Waals surface area contributed by atoms with Gasteiger partial charge in [-0.25, -0.2) is 0 Å². The van der Waals surface area contributed by atoms with Gasteiger partial charge in [0.2, 0.25) is 0 Å². The normalized spacial score (nSPS) is 12.6. The molecule has 108 valence electrons. The van der Waals surface area contributed by atoms with E-state index in [0.717, 1.165) is 12.5 Å². The van der Waals surface area contributed by atoms with Crippen molar-refractivity contribution in [3.05, 3.63) is 29.3 Å². The van der Waals surface area contributed by atoms with Crippen LogP contribution in [-0.4, -0.2) is 12.6 Å².